The molecule has 1 amide bonds. The number of nitrogens with one attached hydrogen (secondary N) is 1. The van der Waals surface area contributed by atoms with Crippen molar-refractivity contribution in [3.05, 3.63) is 53.4 Å². The minimum Gasteiger partial charge on any atom is -0.481 e. The molecule has 0 saturated carbocycles. The monoisotopic (exact) mass is 336 g/mol. The van der Waals surface area contributed by atoms with Crippen molar-refractivity contribution in [2.75, 3.05) is 20.6 Å². The maximum absolute atomic E-state index is 12.2. The van der Waals surface area contributed by atoms with Crippen LogP contribution in [0.1, 0.15) is 18.7 Å². The number of halogens is 1. The summed E-state index contributed by atoms with van der Waals surface area (Å²) >= 11 is 5.91. The SMILES string of the molecule is C[C@@H](Oc1cccc(Cl)c1)C(=O)NC[C@H](c1ccco1)N(C)C. The average Bonchev–Trinajstić information content (AvgIpc) is 3.01. The highest BCUT2D eigenvalue weighted by molar-refractivity contribution is 6.30. The molecule has 2 aromatic rings. The van der Waals surface area contributed by atoms with Crippen molar-refractivity contribution in [1.29, 1.82) is 0 Å². The highest BCUT2D eigenvalue weighted by Crippen LogP contribution is 2.19. The van der Waals surface area contributed by atoms with Gasteiger partial charge in [0, 0.05) is 11.6 Å². The van der Waals surface area contributed by atoms with Crippen LogP contribution in [0.15, 0.2) is 47.1 Å². The number of amides is 1. The van der Waals surface area contributed by atoms with E-state index in [1.807, 2.05) is 31.1 Å². The summed E-state index contributed by atoms with van der Waals surface area (Å²) in [7, 11) is 3.87. The van der Waals surface area contributed by atoms with Gasteiger partial charge in [0.2, 0.25) is 0 Å². The predicted octanol–water partition coefficient (Wildman–Crippen LogP) is 3.12. The van der Waals surface area contributed by atoms with Crippen molar-refractivity contribution in [2.24, 2.45) is 0 Å². The first-order valence-corrected chi connectivity index (χ1v) is 7.75. The molecule has 1 N–H and O–H groups in total. The Morgan fingerprint density at radius 2 is 2.13 bits per heavy atom. The zero-order valence-corrected chi connectivity index (χ0v) is 14.2. The van der Waals surface area contributed by atoms with Gasteiger partial charge in [0.1, 0.15) is 11.5 Å². The van der Waals surface area contributed by atoms with Crippen molar-refractivity contribution in [3.63, 3.8) is 0 Å². The second-order valence-electron chi connectivity index (χ2n) is 5.46. The Labute approximate surface area is 141 Å². The third kappa shape index (κ3) is 5.01. The number of hydrogen-bond donors (Lipinski definition) is 1. The quantitative estimate of drug-likeness (QED) is 0.844. The zero-order valence-electron chi connectivity index (χ0n) is 13.5. The van der Waals surface area contributed by atoms with E-state index in [-0.39, 0.29) is 11.9 Å². The first-order valence-electron chi connectivity index (χ1n) is 7.37. The van der Waals surface area contributed by atoms with Gasteiger partial charge < -0.3 is 14.5 Å². The molecule has 1 aromatic heterocycles. The molecular formula is C17H21ClN2O3. The maximum atomic E-state index is 12.2. The first-order chi connectivity index (χ1) is 11.0. The zero-order chi connectivity index (χ0) is 16.8. The lowest BCUT2D eigenvalue weighted by Crippen LogP contribution is -2.40. The number of benzene rings is 1. The predicted molar refractivity (Wildman–Crippen MR) is 89.7 cm³/mol. The largest absolute Gasteiger partial charge is 0.481 e. The molecule has 6 heteroatoms. The van der Waals surface area contributed by atoms with Crippen molar-refractivity contribution >= 4 is 17.5 Å². The number of rotatable bonds is 7. The molecule has 23 heavy (non-hydrogen) atoms. The summed E-state index contributed by atoms with van der Waals surface area (Å²) in [6.45, 7) is 2.14. The van der Waals surface area contributed by atoms with Crippen LogP contribution in [0.4, 0.5) is 0 Å². The van der Waals surface area contributed by atoms with E-state index < -0.39 is 6.10 Å². The number of carbonyl (C=O) groups is 1. The van der Waals surface area contributed by atoms with Crippen LogP contribution >= 0.6 is 11.6 Å². The second-order valence-corrected chi connectivity index (χ2v) is 5.89. The van der Waals surface area contributed by atoms with E-state index in [9.17, 15) is 4.79 Å². The summed E-state index contributed by atoms with van der Waals surface area (Å²) in [5.74, 6) is 1.18. The molecule has 1 aromatic carbocycles. The molecule has 5 nitrogen and oxygen atoms in total. The van der Waals surface area contributed by atoms with Gasteiger partial charge in [-0.05, 0) is 51.4 Å². The van der Waals surface area contributed by atoms with Crippen LogP contribution in [-0.4, -0.2) is 37.6 Å². The number of hydrogen-bond acceptors (Lipinski definition) is 4. The van der Waals surface area contributed by atoms with Crippen LogP contribution in [0.2, 0.25) is 5.02 Å². The number of likely N-dealkylation sites (N-methyl/N-ethyl adjacent to an activating group) is 1. The fourth-order valence-electron chi connectivity index (χ4n) is 2.16. The third-order valence-corrected chi connectivity index (χ3v) is 3.68. The van der Waals surface area contributed by atoms with Crippen LogP contribution in [0, 0.1) is 0 Å². The fraction of sp³-hybridized carbons (Fsp3) is 0.353. The Hall–Kier alpha value is -1.98. The Morgan fingerprint density at radius 1 is 1.35 bits per heavy atom. The molecule has 124 valence electrons. The molecule has 0 aliphatic rings. The van der Waals surface area contributed by atoms with Gasteiger partial charge in [-0.3, -0.25) is 9.69 Å². The third-order valence-electron chi connectivity index (χ3n) is 3.44. The minimum atomic E-state index is -0.618. The van der Waals surface area contributed by atoms with E-state index in [1.54, 1.807) is 37.5 Å². The van der Waals surface area contributed by atoms with Crippen LogP contribution in [0.25, 0.3) is 0 Å². The van der Waals surface area contributed by atoms with E-state index in [1.165, 1.54) is 0 Å². The van der Waals surface area contributed by atoms with Crippen molar-refractivity contribution in [1.82, 2.24) is 10.2 Å². The number of furan rings is 1. The van der Waals surface area contributed by atoms with E-state index >= 15 is 0 Å². The van der Waals surface area contributed by atoms with E-state index in [0.29, 0.717) is 17.3 Å². The average molecular weight is 337 g/mol. The van der Waals surface area contributed by atoms with Crippen LogP contribution in [0.3, 0.4) is 0 Å². The maximum Gasteiger partial charge on any atom is 0.260 e. The highest BCUT2D eigenvalue weighted by atomic mass is 35.5. The number of carbonyl (C=O) groups excluding carboxylic acids is 1. The Balaban J connectivity index is 1.90. The fourth-order valence-corrected chi connectivity index (χ4v) is 2.34. The van der Waals surface area contributed by atoms with E-state index in [2.05, 4.69) is 5.32 Å². The molecule has 1 heterocycles. The van der Waals surface area contributed by atoms with Gasteiger partial charge in [-0.15, -0.1) is 0 Å². The lowest BCUT2D eigenvalue weighted by Gasteiger charge is -2.23. The Bertz CT molecular complexity index is 629. The minimum absolute atomic E-state index is 0.0349. The van der Waals surface area contributed by atoms with Gasteiger partial charge in [-0.2, -0.15) is 0 Å². The molecular weight excluding hydrogens is 316 g/mol. The summed E-state index contributed by atoms with van der Waals surface area (Å²) < 4.78 is 11.0. The first kappa shape index (κ1) is 17.4. The summed E-state index contributed by atoms with van der Waals surface area (Å²) in [4.78, 5) is 14.2. The molecule has 0 aliphatic carbocycles. The molecule has 2 atom stereocenters. The molecule has 0 unspecified atom stereocenters. The Morgan fingerprint density at radius 3 is 2.74 bits per heavy atom. The molecule has 0 spiro atoms. The van der Waals surface area contributed by atoms with Gasteiger partial charge in [0.15, 0.2) is 6.10 Å². The molecule has 2 rings (SSSR count). The van der Waals surface area contributed by atoms with Crippen molar-refractivity contribution in [3.8, 4) is 5.75 Å². The lowest BCUT2D eigenvalue weighted by molar-refractivity contribution is -0.127. The molecule has 0 aliphatic heterocycles. The standard InChI is InChI=1S/C17H21ClN2O3/c1-12(23-14-7-4-6-13(18)10-14)17(21)19-11-15(20(2)3)16-8-5-9-22-16/h4-10,12,15H,11H2,1-3H3,(H,19,21)/t12-,15-/m1/s1. The van der Waals surface area contributed by atoms with Gasteiger partial charge in [0.05, 0.1) is 12.3 Å². The van der Waals surface area contributed by atoms with Gasteiger partial charge in [-0.25, -0.2) is 0 Å². The molecule has 0 bridgehead atoms. The molecule has 0 saturated heterocycles. The number of ether oxygens (including phenoxy) is 1. The van der Waals surface area contributed by atoms with Gasteiger partial charge in [-0.1, -0.05) is 17.7 Å². The van der Waals surface area contributed by atoms with Crippen LogP contribution in [-0.2, 0) is 4.79 Å². The summed E-state index contributed by atoms with van der Waals surface area (Å²) in [5, 5.41) is 3.46. The van der Waals surface area contributed by atoms with Gasteiger partial charge >= 0.3 is 0 Å². The van der Waals surface area contributed by atoms with Crippen molar-refractivity contribution < 1.29 is 13.9 Å². The normalized spacial score (nSPS) is 13.6. The Kier molecular flexibility index (Phi) is 6.07. The van der Waals surface area contributed by atoms with E-state index in [0.717, 1.165) is 5.76 Å². The topological polar surface area (TPSA) is 54.7 Å². The lowest BCUT2D eigenvalue weighted by atomic mass is 10.2. The molecule has 0 radical (unpaired) electrons. The molecule has 0 fully saturated rings. The smallest absolute Gasteiger partial charge is 0.260 e. The van der Waals surface area contributed by atoms with Crippen molar-refractivity contribution in [2.45, 2.75) is 19.1 Å². The number of nitrogens with zero attached hydrogens (tertiary/aromatic N) is 1. The second kappa shape index (κ2) is 8.04. The van der Waals surface area contributed by atoms with Gasteiger partial charge in [0.25, 0.3) is 5.91 Å². The summed E-state index contributed by atoms with van der Waals surface area (Å²) in [5.41, 5.74) is 0. The highest BCUT2D eigenvalue weighted by Gasteiger charge is 2.20. The summed E-state index contributed by atoms with van der Waals surface area (Å²) in [6, 6.07) is 10.7. The van der Waals surface area contributed by atoms with E-state index in [4.69, 9.17) is 20.8 Å². The van der Waals surface area contributed by atoms with Crippen LogP contribution < -0.4 is 10.1 Å². The van der Waals surface area contributed by atoms with Crippen LogP contribution in [0.5, 0.6) is 5.75 Å². The summed E-state index contributed by atoms with van der Waals surface area (Å²) in [6.07, 6.45) is 1.01.